The van der Waals surface area contributed by atoms with Gasteiger partial charge in [-0.25, -0.2) is 14.2 Å². The number of hydrogen-bond donors (Lipinski definition) is 2. The van der Waals surface area contributed by atoms with Crippen LogP contribution in [-0.2, 0) is 17.1 Å². The highest BCUT2D eigenvalue weighted by atomic mass is 19.1. The molecule has 0 spiro atoms. The smallest absolute Gasteiger partial charge is 0.328 e. The number of ether oxygens (including phenoxy) is 2. The minimum Gasteiger partial charge on any atom is -0.478 e. The first-order chi connectivity index (χ1) is 19.2. The average Bonchev–Trinajstić information content (AvgIpc) is 3.45. The number of benzene rings is 2. The van der Waals surface area contributed by atoms with Gasteiger partial charge >= 0.3 is 5.97 Å². The van der Waals surface area contributed by atoms with E-state index in [4.69, 9.17) is 14.6 Å². The molecular formula is C31H34FN3O5. The molecule has 2 aliphatic heterocycles. The summed E-state index contributed by atoms with van der Waals surface area (Å²) in [5.41, 5.74) is 3.05. The van der Waals surface area contributed by atoms with Gasteiger partial charge in [-0.05, 0) is 81.5 Å². The van der Waals surface area contributed by atoms with E-state index in [1.165, 1.54) is 6.07 Å². The molecular weight excluding hydrogens is 513 g/mol. The van der Waals surface area contributed by atoms with E-state index in [9.17, 15) is 14.3 Å². The number of rotatable bonds is 7. The first-order valence-electron chi connectivity index (χ1n) is 13.9. The molecule has 1 aliphatic carbocycles. The molecule has 9 heteroatoms. The molecule has 6 rings (SSSR count). The van der Waals surface area contributed by atoms with Crippen LogP contribution < -0.4 is 9.47 Å². The Morgan fingerprint density at radius 2 is 1.98 bits per heavy atom. The minimum absolute atomic E-state index is 0.121. The second-order valence-electron chi connectivity index (χ2n) is 11.3. The number of piperidine rings is 1. The first kappa shape index (κ1) is 26.5. The van der Waals surface area contributed by atoms with Gasteiger partial charge in [0.1, 0.15) is 11.6 Å². The second-order valence-corrected chi connectivity index (χ2v) is 11.3. The number of hydrogen-bond acceptors (Lipinski definition) is 6. The lowest BCUT2D eigenvalue weighted by Gasteiger charge is -2.36. The summed E-state index contributed by atoms with van der Waals surface area (Å²) in [4.78, 5) is 18.1. The third-order valence-corrected chi connectivity index (χ3v) is 8.37. The van der Waals surface area contributed by atoms with E-state index in [0.717, 1.165) is 54.7 Å². The summed E-state index contributed by atoms with van der Waals surface area (Å²) in [5, 5.41) is 18.9. The largest absolute Gasteiger partial charge is 0.478 e. The zero-order chi connectivity index (χ0) is 28.0. The van der Waals surface area contributed by atoms with E-state index in [1.54, 1.807) is 25.3 Å². The second kappa shape index (κ2) is 10.4. The molecule has 1 saturated carbocycles. The van der Waals surface area contributed by atoms with Crippen molar-refractivity contribution in [1.29, 1.82) is 0 Å². The molecule has 0 radical (unpaired) electrons. The standard InChI is InChI=1S/C31H34FN3O5/c1-19-6-8-25(26(32)14-19)31(2)39-27-5-3-4-24(30(27)40-31)20-10-12-34(13-11-20)18-28-33-17-21(7-9-29(37)38)35(28)22-15-23(36)16-22/h3-9,14,17,20,22-23,36H,10-13,15-16,18H2,1-2H3,(H,37,38)/b9-7+. The predicted molar refractivity (Wildman–Crippen MR) is 147 cm³/mol. The van der Waals surface area contributed by atoms with Crippen molar-refractivity contribution in [2.24, 2.45) is 0 Å². The SMILES string of the molecule is Cc1ccc(C2(C)Oc3cccc(C4CCN(Cc5ncc(/C=C/C(=O)O)n5C5CC(O)C5)CC4)c3O2)c(F)c1. The molecule has 2 aromatic carbocycles. The van der Waals surface area contributed by atoms with Crippen molar-refractivity contribution >= 4 is 12.0 Å². The number of likely N-dealkylation sites (tertiary alicyclic amines) is 1. The number of aromatic nitrogens is 2. The number of aliphatic hydroxyl groups excluding tert-OH is 1. The fourth-order valence-electron chi connectivity index (χ4n) is 6.17. The number of imidazole rings is 1. The molecule has 40 heavy (non-hydrogen) atoms. The fourth-order valence-corrected chi connectivity index (χ4v) is 6.17. The molecule has 3 aromatic rings. The number of carboxylic acids is 1. The lowest BCUT2D eigenvalue weighted by atomic mass is 9.88. The summed E-state index contributed by atoms with van der Waals surface area (Å²) >= 11 is 0. The Kier molecular flexibility index (Phi) is 6.88. The Morgan fingerprint density at radius 3 is 2.67 bits per heavy atom. The zero-order valence-electron chi connectivity index (χ0n) is 22.7. The van der Waals surface area contributed by atoms with Crippen molar-refractivity contribution in [3.63, 3.8) is 0 Å². The molecule has 0 amide bonds. The quantitative estimate of drug-likeness (QED) is 0.395. The van der Waals surface area contributed by atoms with Crippen LogP contribution in [0.15, 0.2) is 48.7 Å². The number of aryl methyl sites for hydroxylation is 1. The van der Waals surface area contributed by atoms with Crippen LogP contribution in [0.25, 0.3) is 6.08 Å². The van der Waals surface area contributed by atoms with Gasteiger partial charge in [0, 0.05) is 24.6 Å². The van der Waals surface area contributed by atoms with Gasteiger partial charge in [0.25, 0.3) is 5.79 Å². The number of halogens is 1. The number of carbonyl (C=O) groups is 1. The Morgan fingerprint density at radius 1 is 1.20 bits per heavy atom. The minimum atomic E-state index is -1.23. The molecule has 0 bridgehead atoms. The predicted octanol–water partition coefficient (Wildman–Crippen LogP) is 5.15. The van der Waals surface area contributed by atoms with Crippen molar-refractivity contribution in [3.8, 4) is 11.5 Å². The molecule has 3 aliphatic rings. The first-order valence-corrected chi connectivity index (χ1v) is 13.9. The fraction of sp³-hybridized carbons (Fsp3) is 0.419. The van der Waals surface area contributed by atoms with E-state index in [0.29, 0.717) is 36.4 Å². The van der Waals surface area contributed by atoms with Crippen LogP contribution in [0.2, 0.25) is 0 Å². The van der Waals surface area contributed by atoms with Crippen molar-refractivity contribution in [2.45, 2.75) is 69.9 Å². The van der Waals surface area contributed by atoms with Gasteiger partial charge in [-0.15, -0.1) is 0 Å². The Balaban J connectivity index is 1.15. The summed E-state index contributed by atoms with van der Waals surface area (Å²) < 4.78 is 29.5. The van der Waals surface area contributed by atoms with Crippen LogP contribution in [0.5, 0.6) is 11.5 Å². The Hall–Kier alpha value is -3.69. The lowest BCUT2D eigenvalue weighted by Crippen LogP contribution is -2.36. The van der Waals surface area contributed by atoms with Gasteiger partial charge in [0.05, 0.1) is 30.1 Å². The summed E-state index contributed by atoms with van der Waals surface area (Å²) in [5.74, 6) is -0.0936. The van der Waals surface area contributed by atoms with Crippen LogP contribution in [0.1, 0.15) is 72.8 Å². The number of nitrogens with zero attached hydrogens (tertiary/aromatic N) is 3. The van der Waals surface area contributed by atoms with Gasteiger partial charge in [-0.2, -0.15) is 0 Å². The van der Waals surface area contributed by atoms with Crippen LogP contribution in [0, 0.1) is 12.7 Å². The van der Waals surface area contributed by atoms with E-state index in [1.807, 2.05) is 25.1 Å². The summed E-state index contributed by atoms with van der Waals surface area (Å²) in [6.45, 7) is 5.98. The van der Waals surface area contributed by atoms with Gasteiger partial charge in [0.2, 0.25) is 0 Å². The topological polar surface area (TPSA) is 97.1 Å². The molecule has 210 valence electrons. The number of carboxylic acid groups (broad SMARTS) is 1. The van der Waals surface area contributed by atoms with Crippen molar-refractivity contribution < 1.29 is 28.9 Å². The number of aliphatic carboxylic acids is 1. The van der Waals surface area contributed by atoms with Gasteiger partial charge in [0.15, 0.2) is 11.5 Å². The highest BCUT2D eigenvalue weighted by molar-refractivity contribution is 5.84. The van der Waals surface area contributed by atoms with Crippen LogP contribution >= 0.6 is 0 Å². The third kappa shape index (κ3) is 4.99. The summed E-state index contributed by atoms with van der Waals surface area (Å²) in [6.07, 6.45) is 7.22. The average molecular weight is 548 g/mol. The molecule has 3 heterocycles. The third-order valence-electron chi connectivity index (χ3n) is 8.37. The number of fused-ring (bicyclic) bond motifs is 1. The van der Waals surface area contributed by atoms with E-state index >= 15 is 0 Å². The highest BCUT2D eigenvalue weighted by Gasteiger charge is 2.43. The molecule has 1 unspecified atom stereocenters. The zero-order valence-corrected chi connectivity index (χ0v) is 22.7. The number of para-hydroxylation sites is 1. The van der Waals surface area contributed by atoms with E-state index < -0.39 is 11.8 Å². The van der Waals surface area contributed by atoms with E-state index in [2.05, 4.69) is 20.5 Å². The molecule has 1 saturated heterocycles. The van der Waals surface area contributed by atoms with Gasteiger partial charge < -0.3 is 24.3 Å². The maximum Gasteiger partial charge on any atom is 0.328 e. The van der Waals surface area contributed by atoms with Crippen LogP contribution in [-0.4, -0.2) is 49.8 Å². The summed E-state index contributed by atoms with van der Waals surface area (Å²) in [6, 6.07) is 11.1. The normalized spacial score (nSPS) is 24.9. The lowest BCUT2D eigenvalue weighted by molar-refractivity contribution is -0.131. The van der Waals surface area contributed by atoms with Crippen molar-refractivity contribution in [2.75, 3.05) is 13.1 Å². The molecule has 2 fully saturated rings. The molecule has 1 atom stereocenters. The van der Waals surface area contributed by atoms with E-state index in [-0.39, 0.29) is 23.9 Å². The monoisotopic (exact) mass is 547 g/mol. The maximum atomic E-state index is 14.8. The Labute approximate surface area is 232 Å². The maximum absolute atomic E-state index is 14.8. The van der Waals surface area contributed by atoms with Gasteiger partial charge in [-0.1, -0.05) is 18.2 Å². The molecule has 2 N–H and O–H groups in total. The van der Waals surface area contributed by atoms with Gasteiger partial charge in [-0.3, -0.25) is 4.90 Å². The summed E-state index contributed by atoms with van der Waals surface area (Å²) in [7, 11) is 0. The molecule has 8 nitrogen and oxygen atoms in total. The highest BCUT2D eigenvalue weighted by Crippen LogP contribution is 2.49. The van der Waals surface area contributed by atoms with Crippen LogP contribution in [0.4, 0.5) is 4.39 Å². The number of aliphatic hydroxyl groups is 1. The Bertz CT molecular complexity index is 1460. The van der Waals surface area contributed by atoms with Crippen molar-refractivity contribution in [3.05, 3.63) is 82.7 Å². The van der Waals surface area contributed by atoms with Crippen LogP contribution in [0.3, 0.4) is 0 Å². The molecule has 1 aromatic heterocycles. The van der Waals surface area contributed by atoms with Crippen molar-refractivity contribution in [1.82, 2.24) is 14.5 Å².